The lowest BCUT2D eigenvalue weighted by atomic mass is 10.1. The Labute approximate surface area is 188 Å². The minimum atomic E-state index is -0.148. The first-order valence-electron chi connectivity index (χ1n) is 11.1. The average Bonchev–Trinajstić information content (AvgIpc) is 3.01. The topological polar surface area (TPSA) is 84.0 Å². The fraction of sp³-hybridized carbons (Fsp3) is 0.458. The SMILES string of the molecule is COc1cccc(CN2CCC(NC(=O)c3ccc(N4CCOCC4)nc3)CCC2=O)c1. The second kappa shape index (κ2) is 10.5. The van der Waals surface area contributed by atoms with E-state index in [9.17, 15) is 9.59 Å². The molecular weight excluding hydrogens is 408 g/mol. The molecule has 0 spiro atoms. The van der Waals surface area contributed by atoms with Crippen LogP contribution in [0.25, 0.3) is 0 Å². The summed E-state index contributed by atoms with van der Waals surface area (Å²) >= 11 is 0. The number of hydrogen-bond acceptors (Lipinski definition) is 6. The van der Waals surface area contributed by atoms with Crippen LogP contribution in [0.2, 0.25) is 0 Å². The highest BCUT2D eigenvalue weighted by Gasteiger charge is 2.24. The Morgan fingerprint density at radius 3 is 2.78 bits per heavy atom. The van der Waals surface area contributed by atoms with Crippen molar-refractivity contribution in [2.45, 2.75) is 31.8 Å². The smallest absolute Gasteiger partial charge is 0.253 e. The number of anilines is 1. The number of carbonyl (C=O) groups excluding carboxylic acids is 2. The van der Waals surface area contributed by atoms with E-state index in [2.05, 4.69) is 15.2 Å². The van der Waals surface area contributed by atoms with Crippen LogP contribution in [0.15, 0.2) is 42.6 Å². The fourth-order valence-electron chi connectivity index (χ4n) is 4.11. The average molecular weight is 439 g/mol. The first-order valence-corrected chi connectivity index (χ1v) is 11.1. The summed E-state index contributed by atoms with van der Waals surface area (Å²) in [6.07, 6.45) is 3.40. The Balaban J connectivity index is 1.31. The molecule has 170 valence electrons. The van der Waals surface area contributed by atoms with Crippen molar-refractivity contribution in [1.29, 1.82) is 0 Å². The summed E-state index contributed by atoms with van der Waals surface area (Å²) in [7, 11) is 1.63. The Hall–Kier alpha value is -3.13. The number of carbonyl (C=O) groups is 2. The molecular formula is C24H30N4O4. The van der Waals surface area contributed by atoms with Gasteiger partial charge >= 0.3 is 0 Å². The summed E-state index contributed by atoms with van der Waals surface area (Å²) in [4.78, 5) is 33.8. The van der Waals surface area contributed by atoms with E-state index in [0.717, 1.165) is 36.6 Å². The van der Waals surface area contributed by atoms with Crippen molar-refractivity contribution in [3.05, 3.63) is 53.7 Å². The molecule has 0 radical (unpaired) electrons. The van der Waals surface area contributed by atoms with Crippen LogP contribution in [0, 0.1) is 0 Å². The normalized spacial score (nSPS) is 19.4. The molecule has 0 aliphatic carbocycles. The van der Waals surface area contributed by atoms with E-state index < -0.39 is 0 Å². The number of pyridine rings is 1. The van der Waals surface area contributed by atoms with E-state index in [1.54, 1.807) is 13.3 Å². The van der Waals surface area contributed by atoms with Crippen LogP contribution in [0.3, 0.4) is 0 Å². The van der Waals surface area contributed by atoms with Gasteiger partial charge in [-0.25, -0.2) is 4.98 Å². The van der Waals surface area contributed by atoms with Gasteiger partial charge in [0.05, 0.1) is 25.9 Å². The maximum absolute atomic E-state index is 12.7. The molecule has 8 nitrogen and oxygen atoms in total. The predicted molar refractivity (Wildman–Crippen MR) is 121 cm³/mol. The molecule has 1 atom stereocenters. The fourth-order valence-corrected chi connectivity index (χ4v) is 4.11. The lowest BCUT2D eigenvalue weighted by Gasteiger charge is -2.27. The second-order valence-electron chi connectivity index (χ2n) is 8.17. The van der Waals surface area contributed by atoms with E-state index >= 15 is 0 Å². The highest BCUT2D eigenvalue weighted by molar-refractivity contribution is 5.94. The number of nitrogens with one attached hydrogen (secondary N) is 1. The number of hydrogen-bond donors (Lipinski definition) is 1. The van der Waals surface area contributed by atoms with Gasteiger partial charge in [-0.1, -0.05) is 12.1 Å². The third-order valence-electron chi connectivity index (χ3n) is 5.99. The molecule has 3 heterocycles. The number of amides is 2. The van der Waals surface area contributed by atoms with Crippen molar-refractivity contribution in [2.24, 2.45) is 0 Å². The summed E-state index contributed by atoms with van der Waals surface area (Å²) in [5.41, 5.74) is 1.57. The van der Waals surface area contributed by atoms with Gasteiger partial charge in [-0.3, -0.25) is 9.59 Å². The van der Waals surface area contributed by atoms with Crippen LogP contribution >= 0.6 is 0 Å². The Bertz CT molecular complexity index is 928. The van der Waals surface area contributed by atoms with E-state index in [4.69, 9.17) is 9.47 Å². The molecule has 2 saturated heterocycles. The largest absolute Gasteiger partial charge is 0.497 e. The van der Waals surface area contributed by atoms with Gasteiger partial charge in [0.15, 0.2) is 0 Å². The number of nitrogens with zero attached hydrogens (tertiary/aromatic N) is 3. The van der Waals surface area contributed by atoms with Crippen molar-refractivity contribution >= 4 is 17.6 Å². The van der Waals surface area contributed by atoms with Crippen LogP contribution in [0.4, 0.5) is 5.82 Å². The van der Waals surface area contributed by atoms with Crippen LogP contribution < -0.4 is 15.0 Å². The number of benzene rings is 1. The molecule has 1 N–H and O–H groups in total. The summed E-state index contributed by atoms with van der Waals surface area (Å²) in [6, 6.07) is 11.4. The first kappa shape index (κ1) is 22.1. The van der Waals surface area contributed by atoms with Crippen LogP contribution in [0.1, 0.15) is 35.2 Å². The second-order valence-corrected chi connectivity index (χ2v) is 8.17. The van der Waals surface area contributed by atoms with Gasteiger partial charge in [0.1, 0.15) is 11.6 Å². The molecule has 1 aromatic heterocycles. The molecule has 0 bridgehead atoms. The van der Waals surface area contributed by atoms with Crippen molar-refractivity contribution < 1.29 is 19.1 Å². The number of aromatic nitrogens is 1. The first-order chi connectivity index (χ1) is 15.6. The van der Waals surface area contributed by atoms with Gasteiger partial charge in [0.25, 0.3) is 5.91 Å². The zero-order valence-electron chi connectivity index (χ0n) is 18.5. The maximum atomic E-state index is 12.7. The van der Waals surface area contributed by atoms with Crippen molar-refractivity contribution in [3.8, 4) is 5.75 Å². The maximum Gasteiger partial charge on any atom is 0.253 e. The molecule has 2 aliphatic heterocycles. The number of methoxy groups -OCH3 is 1. The summed E-state index contributed by atoms with van der Waals surface area (Å²) in [6.45, 7) is 4.15. The molecule has 1 aromatic carbocycles. The molecule has 2 amide bonds. The molecule has 8 heteroatoms. The zero-order chi connectivity index (χ0) is 22.3. The number of morpholine rings is 1. The number of ether oxygens (including phenoxy) is 2. The highest BCUT2D eigenvalue weighted by atomic mass is 16.5. The standard InChI is InChI=1S/C24H30N4O4/c1-31-21-4-2-3-18(15-21)17-28-10-9-20(6-8-23(28)29)26-24(30)19-5-7-22(25-16-19)27-11-13-32-14-12-27/h2-5,7,15-16,20H,6,8-14,17H2,1H3,(H,26,30). The monoisotopic (exact) mass is 438 g/mol. The minimum absolute atomic E-state index is 0.0410. The lowest BCUT2D eigenvalue weighted by Crippen LogP contribution is -2.37. The molecule has 2 aliphatic rings. The van der Waals surface area contributed by atoms with E-state index in [1.165, 1.54) is 0 Å². The van der Waals surface area contributed by atoms with Gasteiger partial charge in [0.2, 0.25) is 5.91 Å². The molecule has 2 fully saturated rings. The predicted octanol–water partition coefficient (Wildman–Crippen LogP) is 2.24. The molecule has 2 aromatic rings. The van der Waals surface area contributed by atoms with Crippen molar-refractivity contribution in [3.63, 3.8) is 0 Å². The molecule has 0 saturated carbocycles. The summed E-state index contributed by atoms with van der Waals surface area (Å²) < 4.78 is 10.6. The van der Waals surface area contributed by atoms with Gasteiger partial charge in [-0.15, -0.1) is 0 Å². The highest BCUT2D eigenvalue weighted by Crippen LogP contribution is 2.19. The third kappa shape index (κ3) is 5.56. The quantitative estimate of drug-likeness (QED) is 0.745. The van der Waals surface area contributed by atoms with Crippen LogP contribution in [-0.2, 0) is 16.1 Å². The van der Waals surface area contributed by atoms with Crippen molar-refractivity contribution in [2.75, 3.05) is 44.9 Å². The third-order valence-corrected chi connectivity index (χ3v) is 5.99. The number of rotatable bonds is 6. The van der Waals surface area contributed by atoms with Gasteiger partial charge in [0, 0.05) is 44.8 Å². The molecule has 32 heavy (non-hydrogen) atoms. The Kier molecular flexibility index (Phi) is 7.21. The van der Waals surface area contributed by atoms with E-state index in [-0.39, 0.29) is 17.9 Å². The minimum Gasteiger partial charge on any atom is -0.497 e. The Morgan fingerprint density at radius 1 is 1.19 bits per heavy atom. The Morgan fingerprint density at radius 2 is 2.03 bits per heavy atom. The lowest BCUT2D eigenvalue weighted by molar-refractivity contribution is -0.131. The summed E-state index contributed by atoms with van der Waals surface area (Å²) in [5.74, 6) is 1.60. The molecule has 4 rings (SSSR count). The van der Waals surface area contributed by atoms with Crippen LogP contribution in [-0.4, -0.2) is 67.7 Å². The van der Waals surface area contributed by atoms with Gasteiger partial charge in [-0.05, 0) is 42.7 Å². The van der Waals surface area contributed by atoms with Gasteiger partial charge < -0.3 is 24.6 Å². The van der Waals surface area contributed by atoms with E-state index in [0.29, 0.717) is 44.7 Å². The zero-order valence-corrected chi connectivity index (χ0v) is 18.5. The van der Waals surface area contributed by atoms with Gasteiger partial charge in [-0.2, -0.15) is 0 Å². The summed E-state index contributed by atoms with van der Waals surface area (Å²) in [5, 5.41) is 3.09. The van der Waals surface area contributed by atoms with Crippen LogP contribution in [0.5, 0.6) is 5.75 Å². The van der Waals surface area contributed by atoms with Crippen molar-refractivity contribution in [1.82, 2.24) is 15.2 Å². The molecule has 1 unspecified atom stereocenters. The number of likely N-dealkylation sites (tertiary alicyclic amines) is 1. The van der Waals surface area contributed by atoms with E-state index in [1.807, 2.05) is 41.3 Å².